The Bertz CT molecular complexity index is 580. The second-order valence-corrected chi connectivity index (χ2v) is 8.84. The maximum atomic E-state index is 9.17. The Morgan fingerprint density at radius 2 is 1.45 bits per heavy atom. The van der Waals surface area contributed by atoms with Gasteiger partial charge in [-0.25, -0.2) is 9.97 Å². The predicted molar refractivity (Wildman–Crippen MR) is 130 cm³/mol. The van der Waals surface area contributed by atoms with Crippen LogP contribution in [-0.4, -0.2) is 66.5 Å². The first-order valence-electron chi connectivity index (χ1n) is 12.7. The lowest BCUT2D eigenvalue weighted by Crippen LogP contribution is -2.53. The molecule has 0 amide bonds. The highest BCUT2D eigenvalue weighted by Crippen LogP contribution is 2.33. The van der Waals surface area contributed by atoms with Crippen LogP contribution in [0.5, 0.6) is 0 Å². The van der Waals surface area contributed by atoms with Crippen molar-refractivity contribution in [1.29, 1.82) is 0 Å². The van der Waals surface area contributed by atoms with Crippen molar-refractivity contribution >= 4 is 12.2 Å². The summed E-state index contributed by atoms with van der Waals surface area (Å²) in [6.07, 6.45) is 16.7. The first-order valence-corrected chi connectivity index (χ1v) is 12.7. The van der Waals surface area contributed by atoms with Crippen LogP contribution in [0.4, 0.5) is 5.95 Å². The fraction of sp³-hybridized carbons (Fsp3) is 0.800. The molecule has 2 unspecified atom stereocenters. The van der Waals surface area contributed by atoms with Gasteiger partial charge in [-0.15, -0.1) is 0 Å². The first-order chi connectivity index (χ1) is 15.2. The lowest BCUT2D eigenvalue weighted by atomic mass is 9.92. The molecule has 1 saturated carbocycles. The van der Waals surface area contributed by atoms with Gasteiger partial charge in [-0.1, -0.05) is 46.5 Å². The van der Waals surface area contributed by atoms with Crippen LogP contribution in [0.2, 0.25) is 0 Å². The predicted octanol–water partition coefficient (Wildman–Crippen LogP) is 4.41. The number of rotatable bonds is 3. The van der Waals surface area contributed by atoms with E-state index >= 15 is 0 Å². The van der Waals surface area contributed by atoms with E-state index in [9.17, 15) is 4.79 Å². The van der Waals surface area contributed by atoms with Crippen molar-refractivity contribution in [2.24, 2.45) is 0 Å². The highest BCUT2D eigenvalue weighted by Gasteiger charge is 2.40. The summed E-state index contributed by atoms with van der Waals surface area (Å²) < 4.78 is 0. The number of hydrogen-bond donors (Lipinski definition) is 1. The van der Waals surface area contributed by atoms with Gasteiger partial charge >= 0.3 is 0 Å². The molecule has 31 heavy (non-hydrogen) atoms. The van der Waals surface area contributed by atoms with Crippen molar-refractivity contribution in [3.63, 3.8) is 0 Å². The van der Waals surface area contributed by atoms with Gasteiger partial charge < -0.3 is 19.9 Å². The van der Waals surface area contributed by atoms with Gasteiger partial charge in [0.25, 0.3) is 0 Å². The third-order valence-corrected chi connectivity index (χ3v) is 6.53. The highest BCUT2D eigenvalue weighted by atomic mass is 16.1. The summed E-state index contributed by atoms with van der Waals surface area (Å²) in [6, 6.07) is 1.22. The SMILES string of the molecule is C1CCC1.CC.CCC=O.CN1CC2CCC(C1)N2c1ncc(C2CCNCC2)cn1. The average Bonchev–Trinajstić information content (AvgIpc) is 3.06. The van der Waals surface area contributed by atoms with Crippen LogP contribution in [-0.2, 0) is 4.79 Å². The summed E-state index contributed by atoms with van der Waals surface area (Å²) in [5.74, 6) is 1.60. The van der Waals surface area contributed by atoms with Gasteiger partial charge in [0, 0.05) is 44.0 Å². The number of anilines is 1. The number of aromatic nitrogens is 2. The lowest BCUT2D eigenvalue weighted by molar-refractivity contribution is -0.107. The number of likely N-dealkylation sites (N-methyl/N-ethyl adjacent to an activating group) is 1. The fourth-order valence-electron chi connectivity index (χ4n) is 4.52. The van der Waals surface area contributed by atoms with E-state index in [1.54, 1.807) is 0 Å². The molecule has 2 atom stereocenters. The topological polar surface area (TPSA) is 61.4 Å². The van der Waals surface area contributed by atoms with E-state index in [2.05, 4.69) is 34.6 Å². The van der Waals surface area contributed by atoms with Gasteiger partial charge in [0.1, 0.15) is 6.29 Å². The van der Waals surface area contributed by atoms with E-state index in [1.807, 2.05) is 20.8 Å². The molecule has 0 radical (unpaired) electrons. The zero-order valence-corrected chi connectivity index (χ0v) is 20.4. The number of nitrogens with one attached hydrogen (secondary N) is 1. The summed E-state index contributed by atoms with van der Waals surface area (Å²) >= 11 is 0. The number of piperidine rings is 1. The maximum absolute atomic E-state index is 9.17. The number of fused-ring (bicyclic) bond motifs is 2. The molecule has 6 nitrogen and oxygen atoms in total. The molecule has 1 aromatic rings. The van der Waals surface area contributed by atoms with Crippen molar-refractivity contribution in [1.82, 2.24) is 20.2 Å². The minimum Gasteiger partial charge on any atom is -0.332 e. The molecule has 5 rings (SSSR count). The maximum Gasteiger partial charge on any atom is 0.225 e. The standard InChI is InChI=1S/C16H25N5.C4H8.C3H6O.C2H6/c1-20-10-14-2-3-15(11-20)21(14)16-18-8-13(9-19-16)12-4-6-17-7-5-12;1-2-4-3-1;1-2-3-4;1-2/h8-9,12,14-15,17H,2-7,10-11H2,1H3;1-4H2;3H,2H2,1H3;1-2H3. The van der Waals surface area contributed by atoms with Crippen LogP contribution in [0.1, 0.15) is 90.0 Å². The van der Waals surface area contributed by atoms with Gasteiger partial charge in [0.2, 0.25) is 5.95 Å². The molecule has 1 aliphatic carbocycles. The van der Waals surface area contributed by atoms with Crippen molar-refractivity contribution in [2.75, 3.05) is 38.1 Å². The quantitative estimate of drug-likeness (QED) is 0.716. The fourth-order valence-corrected chi connectivity index (χ4v) is 4.52. The van der Waals surface area contributed by atoms with Gasteiger partial charge in [-0.3, -0.25) is 0 Å². The highest BCUT2D eigenvalue weighted by molar-refractivity contribution is 5.48. The van der Waals surface area contributed by atoms with Crippen molar-refractivity contribution < 1.29 is 4.79 Å². The Balaban J connectivity index is 0.000000287. The smallest absolute Gasteiger partial charge is 0.225 e. The molecular weight excluding hydrogens is 386 g/mol. The molecule has 3 aliphatic heterocycles. The molecule has 3 saturated heterocycles. The van der Waals surface area contributed by atoms with E-state index < -0.39 is 0 Å². The van der Waals surface area contributed by atoms with Gasteiger partial charge in [-0.2, -0.15) is 0 Å². The van der Waals surface area contributed by atoms with Crippen LogP contribution in [0, 0.1) is 0 Å². The van der Waals surface area contributed by atoms with Gasteiger partial charge in [0.05, 0.1) is 0 Å². The Morgan fingerprint density at radius 3 is 1.87 bits per heavy atom. The van der Waals surface area contributed by atoms with Crippen LogP contribution >= 0.6 is 0 Å². The second kappa shape index (κ2) is 14.5. The summed E-state index contributed by atoms with van der Waals surface area (Å²) in [7, 11) is 2.23. The van der Waals surface area contributed by atoms with Crippen molar-refractivity contribution in [2.45, 2.75) is 96.6 Å². The monoisotopic (exact) mass is 431 g/mol. The first kappa shape index (κ1) is 25.7. The normalized spacial score (nSPS) is 25.0. The van der Waals surface area contributed by atoms with Crippen LogP contribution in [0.15, 0.2) is 12.4 Å². The van der Waals surface area contributed by atoms with Crippen LogP contribution < -0.4 is 10.2 Å². The van der Waals surface area contributed by atoms with Crippen LogP contribution in [0.3, 0.4) is 0 Å². The Morgan fingerprint density at radius 1 is 0.968 bits per heavy atom. The Kier molecular flexibility index (Phi) is 12.0. The molecule has 0 spiro atoms. The minimum atomic E-state index is 0.610. The molecular formula is C25H45N5O. The minimum absolute atomic E-state index is 0.610. The zero-order valence-electron chi connectivity index (χ0n) is 20.4. The number of likely N-dealkylation sites (tertiary alicyclic amines) is 1. The summed E-state index contributed by atoms with van der Waals surface area (Å²) in [4.78, 5) is 23.5. The van der Waals surface area contributed by atoms with E-state index in [1.165, 1.54) is 56.9 Å². The molecule has 176 valence electrons. The summed E-state index contributed by atoms with van der Waals surface area (Å²) in [5, 5.41) is 3.42. The zero-order chi connectivity index (χ0) is 22.5. The lowest BCUT2D eigenvalue weighted by Gasteiger charge is -2.39. The average molecular weight is 432 g/mol. The number of carbonyl (C=O) groups is 1. The molecule has 2 bridgehead atoms. The number of carbonyl (C=O) groups excluding carboxylic acids is 1. The second-order valence-electron chi connectivity index (χ2n) is 8.84. The summed E-state index contributed by atoms with van der Waals surface area (Å²) in [5.41, 5.74) is 1.32. The Labute approximate surface area is 190 Å². The molecule has 6 heteroatoms. The van der Waals surface area contributed by atoms with Gasteiger partial charge in [-0.05, 0) is 57.3 Å². The molecule has 1 N–H and O–H groups in total. The molecule has 4 aliphatic rings. The molecule has 1 aromatic heterocycles. The molecule has 4 heterocycles. The van der Waals surface area contributed by atoms with E-state index in [0.29, 0.717) is 24.4 Å². The number of nitrogens with zero attached hydrogens (tertiary/aromatic N) is 4. The third-order valence-electron chi connectivity index (χ3n) is 6.53. The van der Waals surface area contributed by atoms with Crippen molar-refractivity contribution in [3.8, 4) is 0 Å². The van der Waals surface area contributed by atoms with E-state index in [0.717, 1.165) is 38.4 Å². The largest absolute Gasteiger partial charge is 0.332 e. The number of hydrogen-bond acceptors (Lipinski definition) is 6. The number of piperazine rings is 1. The van der Waals surface area contributed by atoms with Crippen molar-refractivity contribution in [3.05, 3.63) is 18.0 Å². The summed E-state index contributed by atoms with van der Waals surface area (Å²) in [6.45, 7) is 10.4. The molecule has 0 aromatic carbocycles. The van der Waals surface area contributed by atoms with E-state index in [4.69, 9.17) is 9.97 Å². The van der Waals surface area contributed by atoms with Gasteiger partial charge in [0.15, 0.2) is 0 Å². The van der Waals surface area contributed by atoms with Crippen LogP contribution in [0.25, 0.3) is 0 Å². The third kappa shape index (κ3) is 7.83. The van der Waals surface area contributed by atoms with E-state index in [-0.39, 0.29) is 0 Å². The molecule has 4 fully saturated rings. The Hall–Kier alpha value is -1.53. The number of aldehydes is 1.